The Hall–Kier alpha value is -1.67. The topological polar surface area (TPSA) is 81.8 Å². The molecule has 15 heavy (non-hydrogen) atoms. The van der Waals surface area contributed by atoms with Crippen LogP contribution in [0.3, 0.4) is 0 Å². The van der Waals surface area contributed by atoms with Gasteiger partial charge in [-0.25, -0.2) is 9.97 Å². The maximum absolute atomic E-state index is 8.84. The number of nitrogens with zero attached hydrogens (tertiary/aromatic N) is 3. The fourth-order valence-electron chi connectivity index (χ4n) is 1.14. The van der Waals surface area contributed by atoms with Gasteiger partial charge in [0.1, 0.15) is 11.9 Å². The highest BCUT2D eigenvalue weighted by Crippen LogP contribution is 2.14. The van der Waals surface area contributed by atoms with Gasteiger partial charge in [-0.15, -0.1) is 0 Å². The molecule has 0 radical (unpaired) electrons. The van der Waals surface area contributed by atoms with E-state index in [0.717, 1.165) is 0 Å². The van der Waals surface area contributed by atoms with Crippen molar-refractivity contribution >= 4 is 5.82 Å². The van der Waals surface area contributed by atoms with Gasteiger partial charge in [-0.1, -0.05) is 0 Å². The largest absolute Gasteiger partial charge is 0.396 e. The molecule has 0 aliphatic rings. The highest BCUT2D eigenvalue weighted by atomic mass is 16.3. The molecule has 1 aromatic rings. The van der Waals surface area contributed by atoms with Crippen LogP contribution in [0, 0.1) is 11.3 Å². The highest BCUT2D eigenvalue weighted by Gasteiger charge is 2.16. The van der Waals surface area contributed by atoms with Crippen molar-refractivity contribution in [2.75, 3.05) is 11.9 Å². The fraction of sp³-hybridized carbons (Fsp3) is 0.500. The third-order valence-electron chi connectivity index (χ3n) is 1.97. The summed E-state index contributed by atoms with van der Waals surface area (Å²) in [6, 6.07) is 1.90. The minimum Gasteiger partial charge on any atom is -0.396 e. The molecule has 5 nitrogen and oxygen atoms in total. The van der Waals surface area contributed by atoms with Crippen LogP contribution >= 0.6 is 0 Å². The molecule has 0 aliphatic heterocycles. The van der Waals surface area contributed by atoms with Gasteiger partial charge < -0.3 is 10.4 Å². The first-order chi connectivity index (χ1) is 7.07. The quantitative estimate of drug-likeness (QED) is 0.765. The lowest BCUT2D eigenvalue weighted by molar-refractivity contribution is 0.260. The molecule has 0 bridgehead atoms. The standard InChI is InChI=1S/C10H14N4O/c1-10(2,3-4-15)14-9-7-12-8(5-11)6-13-9/h6-7,15H,3-4H2,1-2H3,(H,13,14). The summed E-state index contributed by atoms with van der Waals surface area (Å²) in [5.41, 5.74) is 0.0536. The first-order valence-electron chi connectivity index (χ1n) is 4.68. The number of nitrogens with one attached hydrogen (secondary N) is 1. The smallest absolute Gasteiger partial charge is 0.158 e. The molecule has 1 aromatic heterocycles. The van der Waals surface area contributed by atoms with Crippen molar-refractivity contribution in [2.45, 2.75) is 25.8 Å². The molecule has 1 rings (SSSR count). The lowest BCUT2D eigenvalue weighted by atomic mass is 10.0. The number of rotatable bonds is 4. The number of aliphatic hydroxyl groups is 1. The Morgan fingerprint density at radius 2 is 2.20 bits per heavy atom. The maximum atomic E-state index is 8.84. The number of hydrogen-bond donors (Lipinski definition) is 2. The zero-order valence-corrected chi connectivity index (χ0v) is 8.86. The average Bonchev–Trinajstić information content (AvgIpc) is 2.18. The van der Waals surface area contributed by atoms with Gasteiger partial charge in [0.05, 0.1) is 12.4 Å². The summed E-state index contributed by atoms with van der Waals surface area (Å²) in [6.45, 7) is 4.04. The Morgan fingerprint density at radius 3 is 2.67 bits per heavy atom. The monoisotopic (exact) mass is 206 g/mol. The third-order valence-corrected chi connectivity index (χ3v) is 1.97. The molecular formula is C10H14N4O. The number of aromatic nitrogens is 2. The summed E-state index contributed by atoms with van der Waals surface area (Å²) in [7, 11) is 0. The second kappa shape index (κ2) is 4.71. The predicted molar refractivity (Wildman–Crippen MR) is 56.2 cm³/mol. The van der Waals surface area contributed by atoms with E-state index in [0.29, 0.717) is 17.9 Å². The molecular weight excluding hydrogens is 192 g/mol. The van der Waals surface area contributed by atoms with Gasteiger partial charge in [0, 0.05) is 12.1 Å². The number of hydrogen-bond acceptors (Lipinski definition) is 5. The summed E-state index contributed by atoms with van der Waals surface area (Å²) in [5.74, 6) is 0.604. The van der Waals surface area contributed by atoms with Crippen molar-refractivity contribution in [3.05, 3.63) is 18.1 Å². The molecule has 80 valence electrons. The second-order valence-corrected chi connectivity index (χ2v) is 3.88. The summed E-state index contributed by atoms with van der Waals surface area (Å²) >= 11 is 0. The first-order valence-corrected chi connectivity index (χ1v) is 4.68. The molecule has 2 N–H and O–H groups in total. The minimum atomic E-state index is -0.239. The molecule has 0 aromatic carbocycles. The van der Waals surface area contributed by atoms with E-state index in [1.165, 1.54) is 12.4 Å². The van der Waals surface area contributed by atoms with E-state index < -0.39 is 0 Å². The number of anilines is 1. The first kappa shape index (κ1) is 11.4. The second-order valence-electron chi connectivity index (χ2n) is 3.88. The highest BCUT2D eigenvalue weighted by molar-refractivity contribution is 5.35. The normalized spacial score (nSPS) is 10.8. The Labute approximate surface area is 88.8 Å². The summed E-state index contributed by atoms with van der Waals surface area (Å²) in [5, 5.41) is 20.5. The van der Waals surface area contributed by atoms with Crippen LogP contribution in [-0.4, -0.2) is 27.2 Å². The molecule has 1 heterocycles. The van der Waals surface area contributed by atoms with Gasteiger partial charge in [-0.2, -0.15) is 5.26 Å². The van der Waals surface area contributed by atoms with E-state index in [1.54, 1.807) is 0 Å². The maximum Gasteiger partial charge on any atom is 0.158 e. The van der Waals surface area contributed by atoms with Gasteiger partial charge in [0.25, 0.3) is 0 Å². The fourth-order valence-corrected chi connectivity index (χ4v) is 1.14. The molecule has 0 unspecified atom stereocenters. The summed E-state index contributed by atoms with van der Waals surface area (Å²) in [4.78, 5) is 7.93. The van der Waals surface area contributed by atoms with Gasteiger partial charge in [-0.05, 0) is 20.3 Å². The zero-order valence-electron chi connectivity index (χ0n) is 8.86. The minimum absolute atomic E-state index is 0.115. The lowest BCUT2D eigenvalue weighted by Crippen LogP contribution is -2.32. The third kappa shape index (κ3) is 3.52. The molecule has 0 saturated carbocycles. The van der Waals surface area contributed by atoms with Gasteiger partial charge in [0.2, 0.25) is 0 Å². The van der Waals surface area contributed by atoms with Crippen LogP contribution in [0.2, 0.25) is 0 Å². The SMILES string of the molecule is CC(C)(CCO)Nc1cnc(C#N)cn1. The van der Waals surface area contributed by atoms with Crippen molar-refractivity contribution < 1.29 is 5.11 Å². The molecule has 0 saturated heterocycles. The van der Waals surface area contributed by atoms with Crippen LogP contribution in [0.4, 0.5) is 5.82 Å². The molecule has 0 amide bonds. The Balaban J connectivity index is 2.69. The summed E-state index contributed by atoms with van der Waals surface area (Å²) < 4.78 is 0. The van der Waals surface area contributed by atoms with Crippen LogP contribution < -0.4 is 5.32 Å². The molecule has 0 aliphatic carbocycles. The van der Waals surface area contributed by atoms with Crippen molar-refractivity contribution in [1.82, 2.24) is 9.97 Å². The average molecular weight is 206 g/mol. The van der Waals surface area contributed by atoms with E-state index >= 15 is 0 Å². The summed E-state index contributed by atoms with van der Waals surface area (Å²) in [6.07, 6.45) is 3.55. The lowest BCUT2D eigenvalue weighted by Gasteiger charge is -2.25. The van der Waals surface area contributed by atoms with Crippen LogP contribution in [0.1, 0.15) is 26.0 Å². The number of aliphatic hydroxyl groups excluding tert-OH is 1. The van der Waals surface area contributed by atoms with Gasteiger partial charge >= 0.3 is 0 Å². The van der Waals surface area contributed by atoms with Gasteiger partial charge in [-0.3, -0.25) is 0 Å². The van der Waals surface area contributed by atoms with Crippen molar-refractivity contribution in [3.63, 3.8) is 0 Å². The van der Waals surface area contributed by atoms with E-state index in [9.17, 15) is 0 Å². The van der Waals surface area contributed by atoms with Gasteiger partial charge in [0.15, 0.2) is 5.69 Å². The van der Waals surface area contributed by atoms with E-state index in [1.807, 2.05) is 19.9 Å². The Morgan fingerprint density at radius 1 is 1.47 bits per heavy atom. The van der Waals surface area contributed by atoms with Crippen LogP contribution in [-0.2, 0) is 0 Å². The Bertz CT molecular complexity index is 353. The van der Waals surface area contributed by atoms with Crippen LogP contribution in [0.25, 0.3) is 0 Å². The van der Waals surface area contributed by atoms with E-state index in [4.69, 9.17) is 10.4 Å². The van der Waals surface area contributed by atoms with E-state index in [2.05, 4.69) is 15.3 Å². The molecule has 0 spiro atoms. The zero-order chi connectivity index (χ0) is 11.3. The Kier molecular flexibility index (Phi) is 3.58. The van der Waals surface area contributed by atoms with Crippen molar-refractivity contribution in [1.29, 1.82) is 5.26 Å². The van der Waals surface area contributed by atoms with Crippen LogP contribution in [0.15, 0.2) is 12.4 Å². The number of nitriles is 1. The van der Waals surface area contributed by atoms with Crippen molar-refractivity contribution in [3.8, 4) is 6.07 Å². The van der Waals surface area contributed by atoms with Crippen molar-refractivity contribution in [2.24, 2.45) is 0 Å². The molecule has 5 heteroatoms. The molecule has 0 atom stereocenters. The van der Waals surface area contributed by atoms with E-state index in [-0.39, 0.29) is 12.1 Å². The van der Waals surface area contributed by atoms with Crippen LogP contribution in [0.5, 0.6) is 0 Å². The molecule has 0 fully saturated rings. The predicted octanol–water partition coefficient (Wildman–Crippen LogP) is 0.921.